The molecule has 0 bridgehead atoms. The molecule has 0 aromatic heterocycles. The van der Waals surface area contributed by atoms with Gasteiger partial charge in [0.2, 0.25) is 0 Å². The molecule has 5 nitrogen and oxygen atoms in total. The fourth-order valence-electron chi connectivity index (χ4n) is 3.19. The fourth-order valence-corrected chi connectivity index (χ4v) is 3.19. The smallest absolute Gasteiger partial charge is 0.308 e. The molecular weight excluding hydrogens is 330 g/mol. The van der Waals surface area contributed by atoms with E-state index in [1.54, 1.807) is 4.90 Å². The van der Waals surface area contributed by atoms with Crippen LogP contribution >= 0.6 is 0 Å². The number of carbonyl (C=O) groups is 2. The highest BCUT2D eigenvalue weighted by atomic mass is 16.5. The van der Waals surface area contributed by atoms with E-state index in [1.807, 2.05) is 54.6 Å². The molecule has 0 unspecified atom stereocenters. The van der Waals surface area contributed by atoms with E-state index in [1.165, 1.54) is 7.11 Å². The number of hydrogen-bond acceptors (Lipinski definition) is 4. The monoisotopic (exact) mass is 353 g/mol. The molecule has 2 aromatic rings. The van der Waals surface area contributed by atoms with Gasteiger partial charge in [-0.3, -0.25) is 9.59 Å². The number of rotatable bonds is 5. The normalized spacial score (nSPS) is 14.7. The van der Waals surface area contributed by atoms with Gasteiger partial charge >= 0.3 is 5.97 Å². The number of hydrogen-bond donors (Lipinski definition) is 0. The molecule has 3 rings (SSSR count). The number of carbonyl (C=O) groups excluding carboxylic acids is 2. The van der Waals surface area contributed by atoms with Crippen LogP contribution in [-0.2, 0) is 16.1 Å². The highest BCUT2D eigenvalue weighted by Gasteiger charge is 2.29. The first-order valence-corrected chi connectivity index (χ1v) is 8.82. The van der Waals surface area contributed by atoms with Gasteiger partial charge in [-0.15, -0.1) is 0 Å². The predicted octanol–water partition coefficient (Wildman–Crippen LogP) is 3.29. The Bertz CT molecular complexity index is 752. The van der Waals surface area contributed by atoms with E-state index >= 15 is 0 Å². The van der Waals surface area contributed by atoms with Crippen molar-refractivity contribution in [3.63, 3.8) is 0 Å². The molecule has 5 heteroatoms. The molecule has 136 valence electrons. The van der Waals surface area contributed by atoms with Gasteiger partial charge in [-0.25, -0.2) is 0 Å². The van der Waals surface area contributed by atoms with Gasteiger partial charge in [-0.05, 0) is 31.0 Å². The maximum absolute atomic E-state index is 12.9. The quantitative estimate of drug-likeness (QED) is 0.774. The van der Waals surface area contributed by atoms with E-state index in [9.17, 15) is 9.59 Å². The van der Waals surface area contributed by atoms with Gasteiger partial charge in [0.15, 0.2) is 0 Å². The first-order valence-electron chi connectivity index (χ1n) is 8.82. The summed E-state index contributed by atoms with van der Waals surface area (Å²) >= 11 is 0. The minimum Gasteiger partial charge on any atom is -0.489 e. The topological polar surface area (TPSA) is 55.8 Å². The van der Waals surface area contributed by atoms with Gasteiger partial charge in [0, 0.05) is 24.2 Å². The molecule has 1 fully saturated rings. The number of esters is 1. The first kappa shape index (κ1) is 18.0. The molecule has 1 aliphatic rings. The number of likely N-dealkylation sites (tertiary alicyclic amines) is 1. The molecule has 1 amide bonds. The number of benzene rings is 2. The largest absolute Gasteiger partial charge is 0.489 e. The van der Waals surface area contributed by atoms with Crippen molar-refractivity contribution < 1.29 is 19.1 Å². The minimum absolute atomic E-state index is 0.0134. The lowest BCUT2D eigenvalue weighted by molar-refractivity contribution is -0.146. The second kappa shape index (κ2) is 8.52. The summed E-state index contributed by atoms with van der Waals surface area (Å²) in [4.78, 5) is 26.4. The summed E-state index contributed by atoms with van der Waals surface area (Å²) in [5.74, 6) is 0.462. The van der Waals surface area contributed by atoms with Crippen LogP contribution in [0.25, 0.3) is 0 Å². The Balaban J connectivity index is 1.65. The standard InChI is InChI=1S/C21H23NO4/c1-25-21(24)16-11-13-22(14-12-16)20(23)19-10-6-5-7-17(19)15-26-18-8-3-2-4-9-18/h2-10,16H,11-15H2,1H3. The highest BCUT2D eigenvalue weighted by Crippen LogP contribution is 2.22. The highest BCUT2D eigenvalue weighted by molar-refractivity contribution is 5.95. The van der Waals surface area contributed by atoms with E-state index in [-0.39, 0.29) is 17.8 Å². The van der Waals surface area contributed by atoms with Crippen LogP contribution in [0.3, 0.4) is 0 Å². The van der Waals surface area contributed by atoms with Crippen molar-refractivity contribution >= 4 is 11.9 Å². The van der Waals surface area contributed by atoms with Crippen LogP contribution in [0, 0.1) is 5.92 Å². The van der Waals surface area contributed by atoms with Gasteiger partial charge < -0.3 is 14.4 Å². The minimum atomic E-state index is -0.186. The summed E-state index contributed by atoms with van der Waals surface area (Å²) in [6.45, 7) is 1.46. The summed E-state index contributed by atoms with van der Waals surface area (Å²) < 4.78 is 10.6. The molecule has 0 radical (unpaired) electrons. The number of para-hydroxylation sites is 1. The Morgan fingerprint density at radius 2 is 1.65 bits per heavy atom. The average Bonchev–Trinajstić information content (AvgIpc) is 2.72. The Morgan fingerprint density at radius 1 is 1.00 bits per heavy atom. The van der Waals surface area contributed by atoms with Crippen molar-refractivity contribution in [3.8, 4) is 5.75 Å². The van der Waals surface area contributed by atoms with Gasteiger partial charge in [0.05, 0.1) is 13.0 Å². The van der Waals surface area contributed by atoms with Crippen LogP contribution in [0.15, 0.2) is 54.6 Å². The number of piperidine rings is 1. The maximum atomic E-state index is 12.9. The molecule has 1 aliphatic heterocycles. The van der Waals surface area contributed by atoms with Crippen molar-refractivity contribution in [2.45, 2.75) is 19.4 Å². The van der Waals surface area contributed by atoms with Crippen molar-refractivity contribution in [2.24, 2.45) is 5.92 Å². The molecule has 0 N–H and O–H groups in total. The van der Waals surface area contributed by atoms with Crippen molar-refractivity contribution in [2.75, 3.05) is 20.2 Å². The fraction of sp³-hybridized carbons (Fsp3) is 0.333. The van der Waals surface area contributed by atoms with Crippen LogP contribution in [0.4, 0.5) is 0 Å². The molecule has 1 heterocycles. The molecule has 2 aromatic carbocycles. The summed E-state index contributed by atoms with van der Waals surface area (Å²) in [5.41, 5.74) is 1.51. The number of amides is 1. The molecule has 1 saturated heterocycles. The molecule has 0 atom stereocenters. The number of ether oxygens (including phenoxy) is 2. The third kappa shape index (κ3) is 4.23. The summed E-state index contributed by atoms with van der Waals surface area (Å²) in [6.07, 6.45) is 1.28. The van der Waals surface area contributed by atoms with Crippen molar-refractivity contribution in [3.05, 3.63) is 65.7 Å². The van der Waals surface area contributed by atoms with E-state index in [4.69, 9.17) is 9.47 Å². The Morgan fingerprint density at radius 3 is 2.35 bits per heavy atom. The van der Waals surface area contributed by atoms with Crippen molar-refractivity contribution in [1.29, 1.82) is 0 Å². The summed E-state index contributed by atoms with van der Waals surface area (Å²) in [7, 11) is 1.41. The Labute approximate surface area is 153 Å². The molecule has 0 spiro atoms. The zero-order chi connectivity index (χ0) is 18.4. The van der Waals surface area contributed by atoms with Gasteiger partial charge in [0.25, 0.3) is 5.91 Å². The lowest BCUT2D eigenvalue weighted by Crippen LogP contribution is -2.40. The van der Waals surface area contributed by atoms with Gasteiger partial charge in [0.1, 0.15) is 12.4 Å². The zero-order valence-corrected chi connectivity index (χ0v) is 14.9. The maximum Gasteiger partial charge on any atom is 0.308 e. The molecule has 0 saturated carbocycles. The summed E-state index contributed by atoms with van der Waals surface area (Å²) in [6, 6.07) is 17.1. The van der Waals surface area contributed by atoms with Crippen LogP contribution in [0.1, 0.15) is 28.8 Å². The van der Waals surface area contributed by atoms with E-state index in [0.717, 1.165) is 11.3 Å². The average molecular weight is 353 g/mol. The lowest BCUT2D eigenvalue weighted by Gasteiger charge is -2.31. The number of methoxy groups -OCH3 is 1. The Hall–Kier alpha value is -2.82. The second-order valence-electron chi connectivity index (χ2n) is 6.35. The second-order valence-corrected chi connectivity index (χ2v) is 6.35. The van der Waals surface area contributed by atoms with E-state index < -0.39 is 0 Å². The summed E-state index contributed by atoms with van der Waals surface area (Å²) in [5, 5.41) is 0. The zero-order valence-electron chi connectivity index (χ0n) is 14.9. The van der Waals surface area contributed by atoms with Crippen LogP contribution in [0.5, 0.6) is 5.75 Å². The number of nitrogens with zero attached hydrogens (tertiary/aromatic N) is 1. The first-order chi connectivity index (χ1) is 12.7. The Kier molecular flexibility index (Phi) is 5.89. The van der Waals surface area contributed by atoms with Crippen LogP contribution in [-0.4, -0.2) is 37.0 Å². The van der Waals surface area contributed by atoms with Crippen LogP contribution in [0.2, 0.25) is 0 Å². The SMILES string of the molecule is COC(=O)C1CCN(C(=O)c2ccccc2COc2ccccc2)CC1. The molecular formula is C21H23NO4. The van der Waals surface area contributed by atoms with Gasteiger partial charge in [-0.1, -0.05) is 36.4 Å². The van der Waals surface area contributed by atoms with E-state index in [2.05, 4.69) is 0 Å². The third-order valence-corrected chi connectivity index (χ3v) is 4.70. The van der Waals surface area contributed by atoms with Crippen molar-refractivity contribution in [1.82, 2.24) is 4.90 Å². The molecule has 26 heavy (non-hydrogen) atoms. The molecule has 0 aliphatic carbocycles. The lowest BCUT2D eigenvalue weighted by atomic mass is 9.96. The van der Waals surface area contributed by atoms with E-state index in [0.29, 0.717) is 38.1 Å². The van der Waals surface area contributed by atoms with Gasteiger partial charge in [-0.2, -0.15) is 0 Å². The third-order valence-electron chi connectivity index (χ3n) is 4.70. The van der Waals surface area contributed by atoms with Crippen LogP contribution < -0.4 is 4.74 Å². The predicted molar refractivity (Wildman–Crippen MR) is 97.9 cm³/mol.